The smallest absolute Gasteiger partial charge is 0.254 e. The van der Waals surface area contributed by atoms with Gasteiger partial charge in [0.25, 0.3) is 5.56 Å². The van der Waals surface area contributed by atoms with E-state index in [0.29, 0.717) is 30.2 Å². The van der Waals surface area contributed by atoms with Crippen LogP contribution in [0.25, 0.3) is 11.3 Å². The lowest BCUT2D eigenvalue weighted by Gasteiger charge is -2.09. The average molecular weight is 407 g/mol. The fourth-order valence-electron chi connectivity index (χ4n) is 3.11. The Balaban J connectivity index is 1.34. The monoisotopic (exact) mass is 407 g/mol. The first kappa shape index (κ1) is 19.5. The molecule has 0 radical (unpaired) electrons. The van der Waals surface area contributed by atoms with Crippen LogP contribution < -0.4 is 25.1 Å². The van der Waals surface area contributed by atoms with E-state index >= 15 is 0 Å². The molecule has 2 heterocycles. The highest BCUT2D eigenvalue weighted by Crippen LogP contribution is 2.35. The number of methoxy groups -OCH3 is 1. The number of nitrogens with one attached hydrogen (secondary N) is 1. The van der Waals surface area contributed by atoms with E-state index in [-0.39, 0.29) is 24.8 Å². The summed E-state index contributed by atoms with van der Waals surface area (Å²) in [6, 6.07) is 14.4. The van der Waals surface area contributed by atoms with Crippen LogP contribution >= 0.6 is 0 Å². The van der Waals surface area contributed by atoms with E-state index in [1.54, 1.807) is 19.2 Å². The van der Waals surface area contributed by atoms with Crippen molar-refractivity contribution in [2.75, 3.05) is 20.4 Å². The molecule has 4 rings (SSSR count). The topological polar surface area (TPSA) is 91.7 Å². The van der Waals surface area contributed by atoms with Crippen molar-refractivity contribution in [2.24, 2.45) is 0 Å². The number of carbonyl (C=O) groups is 1. The third-order valence-corrected chi connectivity index (χ3v) is 4.76. The summed E-state index contributed by atoms with van der Waals surface area (Å²) in [6.07, 6.45) is 2.07. The third-order valence-electron chi connectivity index (χ3n) is 4.76. The second kappa shape index (κ2) is 8.69. The van der Waals surface area contributed by atoms with Crippen LogP contribution in [-0.2, 0) is 17.8 Å². The molecule has 0 saturated carbocycles. The van der Waals surface area contributed by atoms with Gasteiger partial charge in [-0.3, -0.25) is 14.2 Å². The molecule has 0 bridgehead atoms. The van der Waals surface area contributed by atoms with Gasteiger partial charge >= 0.3 is 0 Å². The van der Waals surface area contributed by atoms with Gasteiger partial charge in [0.1, 0.15) is 12.3 Å². The lowest BCUT2D eigenvalue weighted by atomic mass is 10.1. The van der Waals surface area contributed by atoms with Gasteiger partial charge in [-0.05, 0) is 42.3 Å². The van der Waals surface area contributed by atoms with Crippen molar-refractivity contribution < 1.29 is 19.0 Å². The Morgan fingerprint density at radius 3 is 2.70 bits per heavy atom. The SMILES string of the molecule is COc1ccc(CCNC(=O)Cn2cnc(-c3ccc4c(c3)OCO4)cc2=O)cc1. The second-order valence-electron chi connectivity index (χ2n) is 6.76. The van der Waals surface area contributed by atoms with Crippen LogP contribution in [0.3, 0.4) is 0 Å². The number of hydrogen-bond donors (Lipinski definition) is 1. The van der Waals surface area contributed by atoms with E-state index in [0.717, 1.165) is 16.9 Å². The van der Waals surface area contributed by atoms with Crippen molar-refractivity contribution in [1.29, 1.82) is 0 Å². The summed E-state index contributed by atoms with van der Waals surface area (Å²) in [5, 5.41) is 2.82. The minimum atomic E-state index is -0.303. The van der Waals surface area contributed by atoms with Gasteiger partial charge < -0.3 is 19.5 Å². The van der Waals surface area contributed by atoms with E-state index in [4.69, 9.17) is 14.2 Å². The predicted molar refractivity (Wildman–Crippen MR) is 110 cm³/mol. The van der Waals surface area contributed by atoms with Gasteiger partial charge in [0.2, 0.25) is 12.7 Å². The van der Waals surface area contributed by atoms with Gasteiger partial charge in [-0.1, -0.05) is 12.1 Å². The summed E-state index contributed by atoms with van der Waals surface area (Å²) >= 11 is 0. The number of ether oxygens (including phenoxy) is 3. The van der Waals surface area contributed by atoms with E-state index in [1.165, 1.54) is 17.0 Å². The normalized spacial score (nSPS) is 11.9. The van der Waals surface area contributed by atoms with Crippen LogP contribution in [0, 0.1) is 0 Å². The molecule has 8 nitrogen and oxygen atoms in total. The molecule has 0 spiro atoms. The van der Waals surface area contributed by atoms with Crippen molar-refractivity contribution in [3.8, 4) is 28.5 Å². The number of aromatic nitrogens is 2. The van der Waals surface area contributed by atoms with Crippen LogP contribution in [0.5, 0.6) is 17.2 Å². The summed E-state index contributed by atoms with van der Waals surface area (Å²) in [5.74, 6) is 1.83. The molecule has 3 aromatic rings. The Morgan fingerprint density at radius 1 is 1.13 bits per heavy atom. The maximum absolute atomic E-state index is 12.4. The third kappa shape index (κ3) is 4.43. The highest BCUT2D eigenvalue weighted by Gasteiger charge is 2.15. The molecule has 1 N–H and O–H groups in total. The molecule has 0 atom stereocenters. The zero-order valence-corrected chi connectivity index (χ0v) is 16.5. The van der Waals surface area contributed by atoms with Crippen LogP contribution in [0.15, 0.2) is 59.7 Å². The number of rotatable bonds is 7. The van der Waals surface area contributed by atoms with E-state index in [9.17, 15) is 9.59 Å². The molecule has 1 amide bonds. The first-order chi connectivity index (χ1) is 14.6. The Hall–Kier alpha value is -3.81. The molecule has 0 fully saturated rings. The van der Waals surface area contributed by atoms with Crippen LogP contribution in [0.2, 0.25) is 0 Å². The first-order valence-corrected chi connectivity index (χ1v) is 9.48. The van der Waals surface area contributed by atoms with Gasteiger partial charge in [0, 0.05) is 18.2 Å². The van der Waals surface area contributed by atoms with Gasteiger partial charge in [-0.25, -0.2) is 4.98 Å². The molecule has 2 aromatic carbocycles. The molecule has 1 aliphatic rings. The second-order valence-corrected chi connectivity index (χ2v) is 6.76. The first-order valence-electron chi connectivity index (χ1n) is 9.48. The van der Waals surface area contributed by atoms with Crippen molar-refractivity contribution in [3.63, 3.8) is 0 Å². The van der Waals surface area contributed by atoms with E-state index in [1.807, 2.05) is 30.3 Å². The van der Waals surface area contributed by atoms with Crippen LogP contribution in [0.1, 0.15) is 5.56 Å². The van der Waals surface area contributed by atoms with E-state index < -0.39 is 0 Å². The molecule has 8 heteroatoms. The average Bonchev–Trinajstić information content (AvgIpc) is 3.23. The van der Waals surface area contributed by atoms with Crippen molar-refractivity contribution >= 4 is 5.91 Å². The number of hydrogen-bond acceptors (Lipinski definition) is 6. The Kier molecular flexibility index (Phi) is 5.65. The fraction of sp³-hybridized carbons (Fsp3) is 0.227. The molecule has 0 saturated heterocycles. The maximum atomic E-state index is 12.4. The molecule has 0 unspecified atom stereocenters. The molecule has 1 aliphatic heterocycles. The lowest BCUT2D eigenvalue weighted by molar-refractivity contribution is -0.121. The Labute approximate surface area is 173 Å². The predicted octanol–water partition coefficient (Wildman–Crippen LogP) is 2.01. The van der Waals surface area contributed by atoms with E-state index in [2.05, 4.69) is 10.3 Å². The molecule has 1 aromatic heterocycles. The van der Waals surface area contributed by atoms with Crippen LogP contribution in [0.4, 0.5) is 0 Å². The van der Waals surface area contributed by atoms with Crippen LogP contribution in [-0.4, -0.2) is 35.9 Å². The summed E-state index contributed by atoms with van der Waals surface area (Å²) < 4.78 is 17.0. The number of fused-ring (bicyclic) bond motifs is 1. The highest BCUT2D eigenvalue weighted by molar-refractivity contribution is 5.75. The number of amides is 1. The molecular weight excluding hydrogens is 386 g/mol. The number of nitrogens with zero attached hydrogens (tertiary/aromatic N) is 2. The quantitative estimate of drug-likeness (QED) is 0.644. The van der Waals surface area contributed by atoms with Gasteiger partial charge in [-0.2, -0.15) is 0 Å². The minimum Gasteiger partial charge on any atom is -0.497 e. The molecule has 154 valence electrons. The highest BCUT2D eigenvalue weighted by atomic mass is 16.7. The lowest BCUT2D eigenvalue weighted by Crippen LogP contribution is -2.33. The zero-order chi connectivity index (χ0) is 20.9. The molecule has 30 heavy (non-hydrogen) atoms. The maximum Gasteiger partial charge on any atom is 0.254 e. The number of carbonyl (C=O) groups excluding carboxylic acids is 1. The summed E-state index contributed by atoms with van der Waals surface area (Å²) in [6.45, 7) is 0.569. The number of benzene rings is 2. The Morgan fingerprint density at radius 2 is 1.93 bits per heavy atom. The largest absolute Gasteiger partial charge is 0.497 e. The standard InChI is InChI=1S/C22H21N3O5/c1-28-17-5-2-15(3-6-17)8-9-23-21(26)12-25-13-24-18(11-22(25)27)16-4-7-19-20(10-16)30-14-29-19/h2-7,10-11,13H,8-9,12,14H2,1H3,(H,23,26). The van der Waals surface area contributed by atoms with Crippen molar-refractivity contribution in [2.45, 2.75) is 13.0 Å². The summed E-state index contributed by atoms with van der Waals surface area (Å²) in [7, 11) is 1.62. The fourth-order valence-corrected chi connectivity index (χ4v) is 3.11. The molecular formula is C22H21N3O5. The van der Waals surface area contributed by atoms with Gasteiger partial charge in [0.15, 0.2) is 11.5 Å². The minimum absolute atomic E-state index is 0.0874. The summed E-state index contributed by atoms with van der Waals surface area (Å²) in [5.41, 5.74) is 2.04. The van der Waals surface area contributed by atoms with Gasteiger partial charge in [-0.15, -0.1) is 0 Å². The van der Waals surface area contributed by atoms with Crippen molar-refractivity contribution in [3.05, 3.63) is 70.8 Å². The Bertz CT molecular complexity index is 1110. The van der Waals surface area contributed by atoms with Gasteiger partial charge in [0.05, 0.1) is 19.1 Å². The summed E-state index contributed by atoms with van der Waals surface area (Å²) in [4.78, 5) is 28.9. The molecule has 0 aliphatic carbocycles. The van der Waals surface area contributed by atoms with Crippen molar-refractivity contribution in [1.82, 2.24) is 14.9 Å². The zero-order valence-electron chi connectivity index (χ0n) is 16.5.